The van der Waals surface area contributed by atoms with E-state index in [4.69, 9.17) is 5.73 Å². The summed E-state index contributed by atoms with van der Waals surface area (Å²) in [7, 11) is 0. The summed E-state index contributed by atoms with van der Waals surface area (Å²) >= 11 is 0. The van der Waals surface area contributed by atoms with E-state index < -0.39 is 0 Å². The zero-order valence-electron chi connectivity index (χ0n) is 12.1. The lowest BCUT2D eigenvalue weighted by atomic mass is 9.78. The monoisotopic (exact) mass is 265 g/mol. The van der Waals surface area contributed by atoms with Crippen LogP contribution in [0.2, 0.25) is 0 Å². The van der Waals surface area contributed by atoms with Gasteiger partial charge in [0, 0.05) is 31.7 Å². The topological polar surface area (TPSA) is 49.6 Å². The largest absolute Gasteiger partial charge is 0.340 e. The lowest BCUT2D eigenvalue weighted by Crippen LogP contribution is -2.55. The highest BCUT2D eigenvalue weighted by Gasteiger charge is 2.38. The second-order valence-corrected chi connectivity index (χ2v) is 6.80. The van der Waals surface area contributed by atoms with Gasteiger partial charge in [0.1, 0.15) is 0 Å². The van der Waals surface area contributed by atoms with Crippen molar-refractivity contribution in [3.63, 3.8) is 0 Å². The molecular formula is C15H27N3O. The molecule has 2 N–H and O–H groups in total. The Kier molecular flexibility index (Phi) is 3.81. The Bertz CT molecular complexity index is 346. The molecule has 1 aliphatic carbocycles. The molecule has 4 heteroatoms. The summed E-state index contributed by atoms with van der Waals surface area (Å²) < 4.78 is 0. The Morgan fingerprint density at radius 3 is 2.84 bits per heavy atom. The summed E-state index contributed by atoms with van der Waals surface area (Å²) in [5, 5.41) is 0. The molecule has 0 radical (unpaired) electrons. The van der Waals surface area contributed by atoms with Gasteiger partial charge in [-0.1, -0.05) is 6.92 Å². The average molecular weight is 265 g/mol. The van der Waals surface area contributed by atoms with Gasteiger partial charge in [-0.15, -0.1) is 0 Å². The molecule has 1 saturated carbocycles. The first-order chi connectivity index (χ1) is 9.15. The summed E-state index contributed by atoms with van der Waals surface area (Å²) in [6.45, 7) is 6.39. The number of nitrogens with two attached hydrogens (primary N) is 1. The molecule has 0 aromatic heterocycles. The van der Waals surface area contributed by atoms with Crippen molar-refractivity contribution in [1.82, 2.24) is 9.80 Å². The molecule has 1 amide bonds. The Morgan fingerprint density at radius 1 is 1.16 bits per heavy atom. The van der Waals surface area contributed by atoms with Crippen LogP contribution in [0.1, 0.15) is 39.0 Å². The second-order valence-electron chi connectivity index (χ2n) is 6.80. The SMILES string of the molecule is CC1CCC(N)C(C(=O)N2CCN3CCCC3C2)C1. The minimum absolute atomic E-state index is 0.0803. The molecule has 4 unspecified atom stereocenters. The van der Waals surface area contributed by atoms with Crippen LogP contribution in [0.25, 0.3) is 0 Å². The minimum Gasteiger partial charge on any atom is -0.340 e. The highest BCUT2D eigenvalue weighted by atomic mass is 16.2. The van der Waals surface area contributed by atoms with Gasteiger partial charge in [0.2, 0.25) is 5.91 Å². The van der Waals surface area contributed by atoms with Crippen LogP contribution in [0.15, 0.2) is 0 Å². The number of carbonyl (C=O) groups excluding carboxylic acids is 1. The fourth-order valence-electron chi connectivity index (χ4n) is 4.11. The summed E-state index contributed by atoms with van der Waals surface area (Å²) in [6.07, 6.45) is 5.75. The zero-order valence-corrected chi connectivity index (χ0v) is 12.1. The number of piperazine rings is 1. The number of rotatable bonds is 1. The van der Waals surface area contributed by atoms with Crippen LogP contribution >= 0.6 is 0 Å². The average Bonchev–Trinajstić information content (AvgIpc) is 2.88. The van der Waals surface area contributed by atoms with E-state index in [1.54, 1.807) is 0 Å². The predicted molar refractivity (Wildman–Crippen MR) is 75.7 cm³/mol. The number of carbonyl (C=O) groups is 1. The fourth-order valence-corrected chi connectivity index (χ4v) is 4.11. The van der Waals surface area contributed by atoms with Crippen molar-refractivity contribution in [3.05, 3.63) is 0 Å². The second kappa shape index (κ2) is 5.41. The third-order valence-electron chi connectivity index (χ3n) is 5.38. The maximum atomic E-state index is 12.7. The van der Waals surface area contributed by atoms with Crippen molar-refractivity contribution < 1.29 is 4.79 Å². The van der Waals surface area contributed by atoms with Gasteiger partial charge < -0.3 is 10.6 Å². The van der Waals surface area contributed by atoms with Crippen LogP contribution in [0.3, 0.4) is 0 Å². The van der Waals surface area contributed by atoms with Gasteiger partial charge in [-0.2, -0.15) is 0 Å². The smallest absolute Gasteiger partial charge is 0.227 e. The van der Waals surface area contributed by atoms with E-state index in [9.17, 15) is 4.79 Å². The van der Waals surface area contributed by atoms with E-state index in [2.05, 4.69) is 16.7 Å². The normalized spacial score (nSPS) is 40.2. The summed E-state index contributed by atoms with van der Waals surface area (Å²) in [4.78, 5) is 17.4. The Morgan fingerprint density at radius 2 is 2.00 bits per heavy atom. The molecule has 0 bridgehead atoms. The van der Waals surface area contributed by atoms with Crippen LogP contribution in [0.5, 0.6) is 0 Å². The number of amides is 1. The Labute approximate surface area is 116 Å². The standard InChI is InChI=1S/C15H27N3O/c1-11-4-5-14(16)13(9-11)15(19)18-8-7-17-6-2-3-12(17)10-18/h11-14H,2-10,16H2,1H3. The summed E-state index contributed by atoms with van der Waals surface area (Å²) in [5.74, 6) is 1.07. The predicted octanol–water partition coefficient (Wildman–Crippen LogP) is 1.06. The van der Waals surface area contributed by atoms with Gasteiger partial charge in [-0.05, 0) is 44.6 Å². The number of hydrogen-bond acceptors (Lipinski definition) is 3. The number of nitrogens with zero attached hydrogens (tertiary/aromatic N) is 2. The van der Waals surface area contributed by atoms with Crippen molar-refractivity contribution in [2.75, 3.05) is 26.2 Å². The van der Waals surface area contributed by atoms with Gasteiger partial charge in [0.15, 0.2) is 0 Å². The van der Waals surface area contributed by atoms with E-state index in [0.717, 1.165) is 32.5 Å². The van der Waals surface area contributed by atoms with Crippen LogP contribution in [-0.4, -0.2) is 54.0 Å². The third kappa shape index (κ3) is 2.65. The van der Waals surface area contributed by atoms with E-state index in [-0.39, 0.29) is 12.0 Å². The van der Waals surface area contributed by atoms with E-state index in [1.807, 2.05) is 0 Å². The van der Waals surface area contributed by atoms with Gasteiger partial charge in [0.05, 0.1) is 5.92 Å². The van der Waals surface area contributed by atoms with Crippen molar-refractivity contribution in [2.24, 2.45) is 17.6 Å². The quantitative estimate of drug-likeness (QED) is 0.771. The maximum Gasteiger partial charge on any atom is 0.227 e. The van der Waals surface area contributed by atoms with Crippen molar-refractivity contribution in [3.8, 4) is 0 Å². The molecule has 3 aliphatic rings. The van der Waals surface area contributed by atoms with E-state index in [0.29, 0.717) is 17.9 Å². The molecule has 0 aromatic carbocycles. The van der Waals surface area contributed by atoms with Crippen LogP contribution in [0.4, 0.5) is 0 Å². The molecule has 0 aromatic rings. The van der Waals surface area contributed by atoms with E-state index >= 15 is 0 Å². The number of fused-ring (bicyclic) bond motifs is 1. The Balaban J connectivity index is 1.63. The highest BCUT2D eigenvalue weighted by molar-refractivity contribution is 5.80. The minimum atomic E-state index is 0.0803. The molecule has 4 nitrogen and oxygen atoms in total. The van der Waals surface area contributed by atoms with Crippen LogP contribution < -0.4 is 5.73 Å². The fraction of sp³-hybridized carbons (Fsp3) is 0.933. The molecule has 2 heterocycles. The van der Waals surface area contributed by atoms with Crippen molar-refractivity contribution in [1.29, 1.82) is 0 Å². The summed E-state index contributed by atoms with van der Waals surface area (Å²) in [6, 6.07) is 0.709. The molecule has 19 heavy (non-hydrogen) atoms. The zero-order chi connectivity index (χ0) is 13.4. The molecule has 4 atom stereocenters. The molecular weight excluding hydrogens is 238 g/mol. The molecule has 3 rings (SSSR count). The van der Waals surface area contributed by atoms with Crippen LogP contribution in [0, 0.1) is 11.8 Å². The molecule has 2 aliphatic heterocycles. The summed E-state index contributed by atoms with van der Waals surface area (Å²) in [5.41, 5.74) is 6.20. The first kappa shape index (κ1) is 13.4. The van der Waals surface area contributed by atoms with Gasteiger partial charge in [-0.25, -0.2) is 0 Å². The molecule has 3 fully saturated rings. The third-order valence-corrected chi connectivity index (χ3v) is 5.38. The van der Waals surface area contributed by atoms with Gasteiger partial charge >= 0.3 is 0 Å². The number of hydrogen-bond donors (Lipinski definition) is 1. The highest BCUT2D eigenvalue weighted by Crippen LogP contribution is 2.30. The van der Waals surface area contributed by atoms with Gasteiger partial charge in [0.25, 0.3) is 0 Å². The molecule has 2 saturated heterocycles. The lowest BCUT2D eigenvalue weighted by Gasteiger charge is -2.41. The van der Waals surface area contributed by atoms with Crippen molar-refractivity contribution in [2.45, 2.75) is 51.1 Å². The first-order valence-electron chi connectivity index (χ1n) is 7.93. The van der Waals surface area contributed by atoms with Crippen LogP contribution in [-0.2, 0) is 4.79 Å². The van der Waals surface area contributed by atoms with E-state index in [1.165, 1.54) is 25.8 Å². The van der Waals surface area contributed by atoms with Gasteiger partial charge in [-0.3, -0.25) is 9.69 Å². The van der Waals surface area contributed by atoms with Crippen molar-refractivity contribution >= 4 is 5.91 Å². The first-order valence-corrected chi connectivity index (χ1v) is 7.93. The Hall–Kier alpha value is -0.610. The molecule has 108 valence electrons. The lowest BCUT2D eigenvalue weighted by molar-refractivity contribution is -0.140. The maximum absolute atomic E-state index is 12.7. The molecule has 0 spiro atoms.